The van der Waals surface area contributed by atoms with E-state index in [2.05, 4.69) is 56.2 Å². The molecule has 2 aromatic heterocycles. The van der Waals surface area contributed by atoms with Gasteiger partial charge in [-0.25, -0.2) is 36.9 Å². The number of carbonyl (C=O) groups excluding carboxylic acids is 5. The number of quaternary nitrogens is 1. The van der Waals surface area contributed by atoms with Crippen LogP contribution in [0.25, 0.3) is 11.0 Å². The zero-order valence-corrected chi connectivity index (χ0v) is 68.0. The number of hydrogen-bond donors (Lipinski definition) is 16. The van der Waals surface area contributed by atoms with Crippen molar-refractivity contribution in [1.82, 2.24) is 41.1 Å². The number of fused-ring (bicyclic) bond motifs is 3. The molecule has 0 saturated carbocycles. The topological polar surface area (TPSA) is 623 Å². The number of carboxylic acid groups (broad SMARTS) is 3. The summed E-state index contributed by atoms with van der Waals surface area (Å²) in [5, 5.41) is 51.2. The normalized spacial score (nSPS) is 20.1. The molecular formula is C67H90N11O29P3S4. The number of phosphoric acid groups is 3. The van der Waals surface area contributed by atoms with E-state index in [-0.39, 0.29) is 94.9 Å². The van der Waals surface area contributed by atoms with Gasteiger partial charge in [-0.3, -0.25) is 47.5 Å². The molecule has 10 atom stereocenters. The lowest BCUT2D eigenvalue weighted by molar-refractivity contribution is -0.848. The second kappa shape index (κ2) is 40.2. The molecule has 3 aliphatic rings. The Morgan fingerprint density at radius 1 is 0.781 bits per heavy atom. The molecule has 2 aromatic carbocycles. The first kappa shape index (κ1) is 93.2. The van der Waals surface area contributed by atoms with E-state index in [1.165, 1.54) is 56.6 Å². The minimum atomic E-state index is -5.83. The summed E-state index contributed by atoms with van der Waals surface area (Å²) in [6, 6.07) is 3.92. The van der Waals surface area contributed by atoms with Crippen LogP contribution in [0.1, 0.15) is 135 Å². The number of unbranched alkanes of at least 4 members (excludes halogenated alkanes) is 4. The van der Waals surface area contributed by atoms with Crippen LogP contribution in [-0.4, -0.2) is 209 Å². The predicted molar refractivity (Wildman–Crippen MR) is 409 cm³/mol. The van der Waals surface area contributed by atoms with E-state index >= 15 is 0 Å². The Hall–Kier alpha value is -7.99. The van der Waals surface area contributed by atoms with Crippen molar-refractivity contribution < 1.29 is 141 Å². The number of nitrogens with two attached hydrogens (primary N) is 1. The quantitative estimate of drug-likeness (QED) is 0.00756. The number of phosphoric ester groups is 1. The number of anilines is 2. The van der Waals surface area contributed by atoms with E-state index < -0.39 is 158 Å². The third-order valence-corrected chi connectivity index (χ3v) is 26.3. The summed E-state index contributed by atoms with van der Waals surface area (Å²) in [4.78, 5) is 148. The Balaban J connectivity index is 0.950. The van der Waals surface area contributed by atoms with E-state index in [1.54, 1.807) is 12.1 Å². The minimum absolute atomic E-state index is 0.0128. The summed E-state index contributed by atoms with van der Waals surface area (Å²) >= 11 is 0. The summed E-state index contributed by atoms with van der Waals surface area (Å²) in [6.07, 6.45) is 7.98. The average Bonchev–Trinajstić information content (AvgIpc) is 1.59. The van der Waals surface area contributed by atoms with Gasteiger partial charge in [0.15, 0.2) is 0 Å². The first-order chi connectivity index (χ1) is 53.2. The van der Waals surface area contributed by atoms with Gasteiger partial charge < -0.3 is 91.1 Å². The highest BCUT2D eigenvalue weighted by molar-refractivity contribution is 8.76. The molecule has 0 radical (unpaired) electrons. The van der Waals surface area contributed by atoms with Gasteiger partial charge in [-0.15, -0.1) is 0 Å². The summed E-state index contributed by atoms with van der Waals surface area (Å²) < 4.78 is 125. The molecular weight excluding hydrogens is 1640 g/mol. The van der Waals surface area contributed by atoms with Gasteiger partial charge in [0.2, 0.25) is 29.5 Å². The maximum atomic E-state index is 13.9. The van der Waals surface area contributed by atoms with Gasteiger partial charge in [0.25, 0.3) is 10.1 Å². The van der Waals surface area contributed by atoms with Crippen LogP contribution in [-0.2, 0) is 101 Å². The van der Waals surface area contributed by atoms with Crippen molar-refractivity contribution in [2.75, 3.05) is 54.9 Å². The highest BCUT2D eigenvalue weighted by Crippen LogP contribution is 2.66. The lowest BCUT2D eigenvalue weighted by atomic mass is 9.80. The number of aliphatic hydroxyl groups is 1. The number of allylic oxidation sites excluding steroid dienone is 5. The SMILES string of the molecule is CC[NH+]1c2ccc(S(=O)(=O)[O-])cc2C(C)(C)C1/C=C/C=C/C=C1/N(CCCCCC(=O)NC(CSSCCC(=O)NCC#Cc2cn([C@H]3C[C@@H](O)[C@@H](COP(=O)(O)OP(=O)(O)OP(=O)(O)O)O3)c3ncnc(N)c23)C(=O)NCCCCCC(=O)NC(CC(=O)O)C(=O)NC(CC(=O)O)C(=O)O)c2ccc(S(=O)(=O)O)cc2C1(C)C. The Labute approximate surface area is 662 Å². The molecule has 5 amide bonds. The number of nitrogens with one attached hydrogen (secondary N) is 6. The molecule has 0 spiro atoms. The minimum Gasteiger partial charge on any atom is -0.744 e. The van der Waals surface area contributed by atoms with Gasteiger partial charge in [0, 0.05) is 84.9 Å². The van der Waals surface area contributed by atoms with Crippen LogP contribution in [0, 0.1) is 11.8 Å². The fraction of sp³-hybridized carbons (Fsp3) is 0.493. The second-order valence-corrected chi connectivity index (χ2v) is 37.2. The first-order valence-electron chi connectivity index (χ1n) is 35.2. The standard InChI is InChI=1S/C67H90N11O29P3S4/c1-6-76-48-24-22-41(113(98,99)100)31-43(48)66(2,3)52(76)18-10-7-11-19-53-67(4,5)44-32-42(114(101,102)103)23-25-49(44)77(53)29-15-9-13-21-56(82)74-47(63(87)70-27-14-8-12-20-55(81)73-45(33-58(83)84)64(88)75-46(65(89)90)34-59(85)86)38-112-111-30-26-54(80)69-28-16-17-40-36-78(62-60(40)61(68)71-39-72-62)57-35-50(79)51(105-57)37-104-109(94,95)107-110(96,97)106-108(91,92)93/h7,10-11,18-19,22-25,31-32,36,39,45-47,50-52,57,79H,6,8-9,12-15,20-21,26-30,33-35,37-38H2,1-5H3,(H,69,80)(H,70,87)(H,73,81)(H,74,82)(H,75,88)(H,83,84)(H,85,86)(H,89,90)(H,94,95)(H,96,97)(H2,68,71,72)(H2,91,92,93)(H,98,99,100)(H,101,102,103)/b11-7+,18-10+,53-19+/t45?,46?,47?,50-,51-,52?,57-/m1/s1. The third-order valence-electron chi connectivity index (χ3n) is 18.4. The zero-order chi connectivity index (χ0) is 84.5. The molecule has 3 aliphatic heterocycles. The number of carbonyl (C=O) groups is 8. The number of aliphatic carboxylic acids is 3. The molecule has 1 saturated heterocycles. The number of benzene rings is 2. The molecule has 626 valence electrons. The van der Waals surface area contributed by atoms with E-state index in [0.29, 0.717) is 56.4 Å². The fourth-order valence-corrected chi connectivity index (χ4v) is 19.2. The molecule has 47 heteroatoms. The predicted octanol–water partition coefficient (Wildman–Crippen LogP) is 2.81. The Bertz CT molecular complexity index is 4820. The lowest BCUT2D eigenvalue weighted by Gasteiger charge is -2.27. The smallest absolute Gasteiger partial charge is 0.490 e. The van der Waals surface area contributed by atoms with Crippen molar-refractivity contribution in [3.8, 4) is 11.8 Å². The van der Waals surface area contributed by atoms with Crippen molar-refractivity contribution in [3.05, 3.63) is 102 Å². The number of aliphatic hydroxyl groups excluding tert-OH is 1. The van der Waals surface area contributed by atoms with Crippen LogP contribution in [0.5, 0.6) is 0 Å². The summed E-state index contributed by atoms with van der Waals surface area (Å²) in [5.41, 5.74) is 9.04. The van der Waals surface area contributed by atoms with Crippen LogP contribution < -0.4 is 42.1 Å². The summed E-state index contributed by atoms with van der Waals surface area (Å²) in [6.45, 7) is 9.83. The molecule has 114 heavy (non-hydrogen) atoms. The molecule has 17 N–H and O–H groups in total. The summed E-state index contributed by atoms with van der Waals surface area (Å²) in [5.74, 6) is -2.34. The van der Waals surface area contributed by atoms with E-state index in [4.69, 9.17) is 25.4 Å². The molecule has 40 nitrogen and oxygen atoms in total. The maximum Gasteiger partial charge on any atom is 0.490 e. The van der Waals surface area contributed by atoms with Gasteiger partial charge in [-0.05, 0) is 94.5 Å². The highest BCUT2D eigenvalue weighted by atomic mass is 33.1. The summed E-state index contributed by atoms with van der Waals surface area (Å²) in [7, 11) is -23.9. The first-order valence-corrected chi connectivity index (χ1v) is 45.1. The van der Waals surface area contributed by atoms with Gasteiger partial charge in [-0.2, -0.15) is 17.0 Å². The molecule has 4 aromatic rings. The zero-order valence-electron chi connectivity index (χ0n) is 62.0. The van der Waals surface area contributed by atoms with Gasteiger partial charge in [-0.1, -0.05) is 78.3 Å². The van der Waals surface area contributed by atoms with Crippen LogP contribution in [0.3, 0.4) is 0 Å². The molecule has 5 heterocycles. The molecule has 0 aliphatic carbocycles. The molecule has 0 bridgehead atoms. The molecule has 7 rings (SSSR count). The highest BCUT2D eigenvalue weighted by Gasteiger charge is 2.48. The Morgan fingerprint density at radius 2 is 1.43 bits per heavy atom. The number of ether oxygens (including phenoxy) is 1. The molecule has 7 unspecified atom stereocenters. The maximum absolute atomic E-state index is 13.9. The molecule has 1 fully saturated rings. The van der Waals surface area contributed by atoms with Crippen molar-refractivity contribution in [1.29, 1.82) is 0 Å². The van der Waals surface area contributed by atoms with Crippen LogP contribution >= 0.6 is 45.1 Å². The van der Waals surface area contributed by atoms with E-state index in [0.717, 1.165) is 28.2 Å². The second-order valence-electron chi connectivity index (χ2n) is 27.4. The lowest BCUT2D eigenvalue weighted by Crippen LogP contribution is -3.10. The van der Waals surface area contributed by atoms with Crippen LogP contribution in [0.4, 0.5) is 17.2 Å². The average molecular weight is 1730 g/mol. The van der Waals surface area contributed by atoms with Gasteiger partial charge in [0.1, 0.15) is 70.1 Å². The number of aromatic nitrogens is 3. The van der Waals surface area contributed by atoms with E-state index in [1.807, 2.05) is 75.2 Å². The Kier molecular flexibility index (Phi) is 32.9. The largest absolute Gasteiger partial charge is 0.744 e. The number of nitrogen functional groups attached to an aromatic ring is 1. The van der Waals surface area contributed by atoms with Crippen molar-refractivity contribution in [2.24, 2.45) is 0 Å². The third kappa shape index (κ3) is 26.5. The Morgan fingerprint density at radius 3 is 2.07 bits per heavy atom. The number of hydrogen-bond acceptors (Lipinski definition) is 27. The van der Waals surface area contributed by atoms with Gasteiger partial charge in [0.05, 0.1) is 64.8 Å². The van der Waals surface area contributed by atoms with E-state index in [9.17, 15) is 103 Å². The van der Waals surface area contributed by atoms with Crippen LogP contribution in [0.15, 0.2) is 94.8 Å². The number of nitrogens with zero attached hydrogens (tertiary/aromatic N) is 4. The number of rotatable bonds is 43. The number of likely N-dealkylation sites (N-methyl/N-ethyl adjacent to an activating group) is 1. The van der Waals surface area contributed by atoms with Crippen molar-refractivity contribution in [2.45, 2.75) is 175 Å². The van der Waals surface area contributed by atoms with Crippen molar-refractivity contribution in [3.63, 3.8) is 0 Å². The number of amides is 5. The van der Waals surface area contributed by atoms with Crippen LogP contribution in [0.2, 0.25) is 0 Å². The monoisotopic (exact) mass is 1730 g/mol. The van der Waals surface area contributed by atoms with Crippen molar-refractivity contribution >= 4 is 141 Å². The van der Waals surface area contributed by atoms with Gasteiger partial charge >= 0.3 is 41.4 Å². The fourth-order valence-electron chi connectivity index (χ4n) is 13.0. The number of carboxylic acids is 3.